The van der Waals surface area contributed by atoms with Crippen LogP contribution in [0.15, 0.2) is 0 Å². The Balaban J connectivity index is 0. The zero-order chi connectivity index (χ0) is 7.28. The molecule has 0 aliphatic heterocycles. The van der Waals surface area contributed by atoms with Crippen molar-refractivity contribution in [3.8, 4) is 0 Å². The highest BCUT2D eigenvalue weighted by Crippen LogP contribution is 1.94. The molecule has 60 valence electrons. The van der Waals surface area contributed by atoms with Gasteiger partial charge >= 0.3 is 0 Å². The van der Waals surface area contributed by atoms with Gasteiger partial charge in [0.15, 0.2) is 0 Å². The van der Waals surface area contributed by atoms with Crippen LogP contribution in [0.4, 0.5) is 0 Å². The summed E-state index contributed by atoms with van der Waals surface area (Å²) in [5.41, 5.74) is 0. The molecular weight excluding hydrogens is 140 g/mol. The van der Waals surface area contributed by atoms with E-state index in [4.69, 9.17) is 15.3 Å². The maximum absolute atomic E-state index is 9.68. The molecule has 5 nitrogen and oxygen atoms in total. The number of carbonyl (C=O) groups excluding carboxylic acids is 1. The van der Waals surface area contributed by atoms with E-state index in [2.05, 4.69) is 0 Å². The second-order valence-corrected chi connectivity index (χ2v) is 1.72. The van der Waals surface area contributed by atoms with Gasteiger partial charge in [-0.15, -0.1) is 0 Å². The molecule has 2 atom stereocenters. The van der Waals surface area contributed by atoms with Crippen molar-refractivity contribution in [1.82, 2.24) is 0 Å². The molecule has 0 bridgehead atoms. The first-order chi connectivity index (χ1) is 4.22. The van der Waals surface area contributed by atoms with E-state index in [9.17, 15) is 4.79 Å². The molecule has 0 saturated carbocycles. The minimum absolute atomic E-state index is 0. The largest absolute Gasteiger partial charge is 0.394 e. The van der Waals surface area contributed by atoms with Gasteiger partial charge in [-0.05, 0) is 0 Å². The lowest BCUT2D eigenvalue weighted by Gasteiger charge is -2.11. The Morgan fingerprint density at radius 1 is 1.30 bits per heavy atom. The molecule has 0 heterocycles. The van der Waals surface area contributed by atoms with Crippen LogP contribution in [0, 0.1) is 0 Å². The Morgan fingerprint density at radius 2 is 1.80 bits per heavy atom. The van der Waals surface area contributed by atoms with Crippen molar-refractivity contribution in [2.75, 3.05) is 6.61 Å². The second-order valence-electron chi connectivity index (χ2n) is 1.72. The van der Waals surface area contributed by atoms with E-state index in [1.54, 1.807) is 0 Å². The van der Waals surface area contributed by atoms with Gasteiger partial charge in [0.05, 0.1) is 12.7 Å². The van der Waals surface area contributed by atoms with E-state index in [-0.39, 0.29) is 11.9 Å². The van der Waals surface area contributed by atoms with Crippen molar-refractivity contribution in [2.45, 2.75) is 18.6 Å². The summed E-state index contributed by atoms with van der Waals surface area (Å²) in [6.07, 6.45) is -1.98. The fourth-order valence-electron chi connectivity index (χ4n) is 0.377. The molecule has 5 heteroatoms. The molecule has 0 aliphatic carbocycles. The Bertz CT molecular complexity index is 84.1. The predicted octanol–water partition coefficient (Wildman–Crippen LogP) is -1.83. The summed E-state index contributed by atoms with van der Waals surface area (Å²) in [6.45, 7) is -0.519. The molecule has 0 fully saturated rings. The number of rotatable bonds is 4. The van der Waals surface area contributed by atoms with Crippen LogP contribution in [0.25, 0.3) is 0 Å². The summed E-state index contributed by atoms with van der Waals surface area (Å²) in [7, 11) is 0. The van der Waals surface area contributed by atoms with E-state index in [1.807, 2.05) is 0 Å². The van der Waals surface area contributed by atoms with E-state index >= 15 is 0 Å². The zero-order valence-electron chi connectivity index (χ0n) is 5.30. The summed E-state index contributed by atoms with van der Waals surface area (Å²) in [5, 5.41) is 25.5. The Labute approximate surface area is 58.2 Å². The van der Waals surface area contributed by atoms with Crippen molar-refractivity contribution in [2.24, 2.45) is 0 Å². The third-order valence-corrected chi connectivity index (χ3v) is 0.969. The smallest absolute Gasteiger partial charge is 0.122 e. The van der Waals surface area contributed by atoms with Gasteiger partial charge in [-0.3, -0.25) is 0 Å². The molecular formula is C5H10O5. The molecule has 10 heavy (non-hydrogen) atoms. The van der Waals surface area contributed by atoms with Crippen LogP contribution in [0.5, 0.6) is 0 Å². The van der Waals surface area contributed by atoms with Gasteiger partial charge in [0.25, 0.3) is 0 Å². The number of carbonyl (C=O) groups is 1. The van der Waals surface area contributed by atoms with Crippen LogP contribution >= 0.6 is 0 Å². The standard InChI is InChI=1S/C5H10O4.O/c6-2-1-4(8)5(9)3-7;/h2,4-5,7-9H,1,3H2;/t4-,5+;/m0./s1. The highest BCUT2D eigenvalue weighted by molar-refractivity contribution is 5.50. The van der Waals surface area contributed by atoms with Gasteiger partial charge in [-0.25, -0.2) is 0 Å². The highest BCUT2D eigenvalue weighted by atomic mass is 16.4. The average Bonchev–Trinajstić information content (AvgIpc) is 1.87. The highest BCUT2D eigenvalue weighted by Gasteiger charge is 2.13. The zero-order valence-corrected chi connectivity index (χ0v) is 5.30. The molecule has 0 aromatic carbocycles. The summed E-state index contributed by atoms with van der Waals surface area (Å²) >= 11 is 0. The normalized spacial score (nSPS) is 15.1. The van der Waals surface area contributed by atoms with E-state index in [0.29, 0.717) is 6.29 Å². The third-order valence-electron chi connectivity index (χ3n) is 0.969. The Kier molecular flexibility index (Phi) is 8.09. The second kappa shape index (κ2) is 6.63. The first-order valence-electron chi connectivity index (χ1n) is 2.63. The first kappa shape index (κ1) is 12.2. The molecule has 0 aromatic heterocycles. The number of hydrogen-bond donors (Lipinski definition) is 3. The van der Waals surface area contributed by atoms with Crippen LogP contribution in [-0.2, 0) is 10.3 Å². The van der Waals surface area contributed by atoms with Crippen molar-refractivity contribution in [3.05, 3.63) is 0 Å². The summed E-state index contributed by atoms with van der Waals surface area (Å²) in [5.74, 6) is 0. The number of aliphatic hydroxyl groups excluding tert-OH is 3. The van der Waals surface area contributed by atoms with E-state index in [0.717, 1.165) is 0 Å². The van der Waals surface area contributed by atoms with Gasteiger partial charge in [-0.1, -0.05) is 0 Å². The number of aliphatic hydroxyl groups is 3. The van der Waals surface area contributed by atoms with E-state index in [1.165, 1.54) is 0 Å². The molecule has 0 saturated heterocycles. The molecule has 0 aliphatic rings. The molecule has 0 aromatic rings. The SMILES string of the molecule is O=CC[C@H](O)[C@H](O)CO.[O]. The molecule has 0 spiro atoms. The summed E-state index contributed by atoms with van der Waals surface area (Å²) in [4.78, 5) is 9.68. The predicted molar refractivity (Wildman–Crippen MR) is 30.5 cm³/mol. The molecule has 0 unspecified atom stereocenters. The van der Waals surface area contributed by atoms with Crippen molar-refractivity contribution in [3.63, 3.8) is 0 Å². The van der Waals surface area contributed by atoms with Gasteiger partial charge in [0.1, 0.15) is 12.4 Å². The van der Waals surface area contributed by atoms with Crippen LogP contribution < -0.4 is 0 Å². The number of hydrogen-bond acceptors (Lipinski definition) is 4. The minimum atomic E-state index is -1.20. The fourth-order valence-corrected chi connectivity index (χ4v) is 0.377. The van der Waals surface area contributed by atoms with Crippen LogP contribution in [0.3, 0.4) is 0 Å². The van der Waals surface area contributed by atoms with Crippen LogP contribution in [0.1, 0.15) is 6.42 Å². The number of aldehydes is 1. The van der Waals surface area contributed by atoms with Crippen LogP contribution in [0.2, 0.25) is 0 Å². The summed E-state index contributed by atoms with van der Waals surface area (Å²) < 4.78 is 0. The maximum Gasteiger partial charge on any atom is 0.122 e. The van der Waals surface area contributed by atoms with Crippen LogP contribution in [-0.4, -0.2) is 40.4 Å². The molecule has 3 N–H and O–H groups in total. The summed E-state index contributed by atoms with van der Waals surface area (Å²) in [6, 6.07) is 0. The van der Waals surface area contributed by atoms with Gasteiger partial charge in [0, 0.05) is 11.9 Å². The van der Waals surface area contributed by atoms with Gasteiger partial charge < -0.3 is 20.1 Å². The third kappa shape index (κ3) is 4.39. The quantitative estimate of drug-likeness (QED) is 0.410. The molecule has 0 rings (SSSR count). The van der Waals surface area contributed by atoms with Gasteiger partial charge in [0.2, 0.25) is 0 Å². The van der Waals surface area contributed by atoms with Crippen molar-refractivity contribution in [1.29, 1.82) is 0 Å². The first-order valence-corrected chi connectivity index (χ1v) is 2.63. The van der Waals surface area contributed by atoms with Crippen molar-refractivity contribution >= 4 is 6.29 Å². The van der Waals surface area contributed by atoms with Gasteiger partial charge in [-0.2, -0.15) is 0 Å². The van der Waals surface area contributed by atoms with E-state index < -0.39 is 18.8 Å². The Hall–Kier alpha value is -0.490. The lowest BCUT2D eigenvalue weighted by atomic mass is 10.2. The monoisotopic (exact) mass is 150 g/mol. The lowest BCUT2D eigenvalue weighted by molar-refractivity contribution is -0.111. The Morgan fingerprint density at radius 3 is 2.10 bits per heavy atom. The maximum atomic E-state index is 9.68. The minimum Gasteiger partial charge on any atom is -0.394 e. The van der Waals surface area contributed by atoms with Crippen molar-refractivity contribution < 1.29 is 25.6 Å². The topological polar surface area (TPSA) is 106 Å². The molecule has 2 radical (unpaired) electrons. The average molecular weight is 150 g/mol. The molecule has 0 amide bonds. The fraction of sp³-hybridized carbons (Fsp3) is 0.800. The lowest BCUT2D eigenvalue weighted by Crippen LogP contribution is -2.29.